The maximum absolute atomic E-state index is 12.7. The van der Waals surface area contributed by atoms with Gasteiger partial charge in [0, 0.05) is 30.6 Å². The molecule has 1 aromatic rings. The molecule has 1 N–H and O–H groups in total. The molecule has 1 aliphatic heterocycles. The molecular weight excluding hydrogens is 272 g/mol. The second-order valence-electron chi connectivity index (χ2n) is 5.75. The van der Waals surface area contributed by atoms with Crippen LogP contribution < -0.4 is 10.1 Å². The molecule has 1 aromatic heterocycles. The number of nitrogens with one attached hydrogen (secondary N) is 1. The summed E-state index contributed by atoms with van der Waals surface area (Å²) >= 11 is 1.46. The summed E-state index contributed by atoms with van der Waals surface area (Å²) in [6.45, 7) is 6.98. The summed E-state index contributed by atoms with van der Waals surface area (Å²) in [7, 11) is 1.63. The molecule has 1 saturated heterocycles. The van der Waals surface area contributed by atoms with E-state index in [-0.39, 0.29) is 5.91 Å². The van der Waals surface area contributed by atoms with E-state index >= 15 is 0 Å². The standard InChI is InChI=1S/C15H24N2O2S/c1-11(2)8-17(9-12-5-4-6-16-12)15(18)14-7-13(19-3)10-20-14/h7,10-12,16H,4-6,8-9H2,1-3H3. The topological polar surface area (TPSA) is 41.6 Å². The predicted octanol–water partition coefficient (Wildman–Crippen LogP) is 2.61. The van der Waals surface area contributed by atoms with Gasteiger partial charge in [-0.05, 0) is 25.3 Å². The van der Waals surface area contributed by atoms with Crippen molar-refractivity contribution in [3.05, 3.63) is 16.3 Å². The summed E-state index contributed by atoms with van der Waals surface area (Å²) in [5.41, 5.74) is 0. The first-order valence-corrected chi connectivity index (χ1v) is 8.13. The third kappa shape index (κ3) is 3.96. The largest absolute Gasteiger partial charge is 0.496 e. The SMILES string of the molecule is COc1csc(C(=O)N(CC(C)C)CC2CCCN2)c1. The Morgan fingerprint density at radius 1 is 1.60 bits per heavy atom. The van der Waals surface area contributed by atoms with E-state index < -0.39 is 0 Å². The Kier molecular flexibility index (Phi) is 5.43. The normalized spacial score (nSPS) is 18.5. The third-order valence-electron chi connectivity index (χ3n) is 3.50. The summed E-state index contributed by atoms with van der Waals surface area (Å²) < 4.78 is 5.17. The Morgan fingerprint density at radius 2 is 2.40 bits per heavy atom. The van der Waals surface area contributed by atoms with Crippen LogP contribution in [0.15, 0.2) is 11.4 Å². The van der Waals surface area contributed by atoms with Crippen LogP contribution in [0, 0.1) is 5.92 Å². The fourth-order valence-corrected chi connectivity index (χ4v) is 3.38. The van der Waals surface area contributed by atoms with Gasteiger partial charge in [-0.25, -0.2) is 0 Å². The van der Waals surface area contributed by atoms with Crippen molar-refractivity contribution in [2.75, 3.05) is 26.7 Å². The number of amides is 1. The van der Waals surface area contributed by atoms with Crippen LogP contribution in [0.2, 0.25) is 0 Å². The number of hydrogen-bond donors (Lipinski definition) is 1. The maximum atomic E-state index is 12.7. The Labute approximate surface area is 125 Å². The molecule has 0 radical (unpaired) electrons. The molecule has 0 aromatic carbocycles. The van der Waals surface area contributed by atoms with Crippen molar-refractivity contribution in [1.29, 1.82) is 0 Å². The first-order chi connectivity index (χ1) is 9.60. The van der Waals surface area contributed by atoms with Crippen LogP contribution in [0.1, 0.15) is 36.4 Å². The van der Waals surface area contributed by atoms with E-state index in [4.69, 9.17) is 4.74 Å². The highest BCUT2D eigenvalue weighted by molar-refractivity contribution is 7.12. The Balaban J connectivity index is 2.05. The number of hydrogen-bond acceptors (Lipinski definition) is 4. The smallest absolute Gasteiger partial charge is 0.264 e. The molecule has 0 aliphatic carbocycles. The van der Waals surface area contributed by atoms with Crippen LogP contribution in [0.3, 0.4) is 0 Å². The van der Waals surface area contributed by atoms with Gasteiger partial charge in [-0.15, -0.1) is 11.3 Å². The van der Waals surface area contributed by atoms with Gasteiger partial charge in [0.2, 0.25) is 0 Å². The molecule has 1 unspecified atom stereocenters. The summed E-state index contributed by atoms with van der Waals surface area (Å²) in [5, 5.41) is 5.35. The van der Waals surface area contributed by atoms with Gasteiger partial charge in [0.25, 0.3) is 5.91 Å². The second-order valence-corrected chi connectivity index (χ2v) is 6.66. The number of carbonyl (C=O) groups excluding carboxylic acids is 1. The number of methoxy groups -OCH3 is 1. The van der Waals surface area contributed by atoms with E-state index in [1.165, 1.54) is 17.8 Å². The molecule has 112 valence electrons. The van der Waals surface area contributed by atoms with Gasteiger partial charge < -0.3 is 15.0 Å². The van der Waals surface area contributed by atoms with Crippen LogP contribution in [0.25, 0.3) is 0 Å². The highest BCUT2D eigenvalue weighted by atomic mass is 32.1. The van der Waals surface area contributed by atoms with E-state index in [0.717, 1.165) is 36.7 Å². The number of nitrogens with zero attached hydrogens (tertiary/aromatic N) is 1. The van der Waals surface area contributed by atoms with Crippen molar-refractivity contribution >= 4 is 17.2 Å². The van der Waals surface area contributed by atoms with Crippen LogP contribution in [0.5, 0.6) is 5.75 Å². The van der Waals surface area contributed by atoms with Gasteiger partial charge in [-0.3, -0.25) is 4.79 Å². The fourth-order valence-electron chi connectivity index (χ4n) is 2.55. The van der Waals surface area contributed by atoms with Gasteiger partial charge in [0.1, 0.15) is 5.75 Å². The van der Waals surface area contributed by atoms with Gasteiger partial charge in [0.15, 0.2) is 0 Å². The second kappa shape index (κ2) is 7.09. The molecule has 0 spiro atoms. The molecule has 2 heterocycles. The molecule has 0 saturated carbocycles. The average molecular weight is 296 g/mol. The molecule has 4 nitrogen and oxygen atoms in total. The summed E-state index contributed by atoms with van der Waals surface area (Å²) in [4.78, 5) is 15.4. The summed E-state index contributed by atoms with van der Waals surface area (Å²) in [6.07, 6.45) is 2.37. The molecule has 5 heteroatoms. The molecule has 0 bridgehead atoms. The number of carbonyl (C=O) groups is 1. The van der Waals surface area contributed by atoms with Crippen LogP contribution in [-0.2, 0) is 0 Å². The van der Waals surface area contributed by atoms with Crippen LogP contribution >= 0.6 is 11.3 Å². The van der Waals surface area contributed by atoms with Gasteiger partial charge in [0.05, 0.1) is 12.0 Å². The minimum absolute atomic E-state index is 0.126. The molecular formula is C15H24N2O2S. The number of ether oxygens (including phenoxy) is 1. The van der Waals surface area contributed by atoms with E-state index in [0.29, 0.717) is 12.0 Å². The first-order valence-electron chi connectivity index (χ1n) is 7.25. The Morgan fingerprint density at radius 3 is 2.95 bits per heavy atom. The third-order valence-corrected chi connectivity index (χ3v) is 4.39. The predicted molar refractivity (Wildman–Crippen MR) is 82.6 cm³/mol. The van der Waals surface area contributed by atoms with E-state index in [1.54, 1.807) is 7.11 Å². The van der Waals surface area contributed by atoms with Crippen molar-refractivity contribution in [1.82, 2.24) is 10.2 Å². The quantitative estimate of drug-likeness (QED) is 0.877. The van der Waals surface area contributed by atoms with Crippen molar-refractivity contribution in [2.24, 2.45) is 5.92 Å². The van der Waals surface area contributed by atoms with E-state index in [9.17, 15) is 4.79 Å². The molecule has 1 aliphatic rings. The minimum atomic E-state index is 0.126. The number of rotatable bonds is 6. The molecule has 1 amide bonds. The van der Waals surface area contributed by atoms with Crippen molar-refractivity contribution in [3.8, 4) is 5.75 Å². The van der Waals surface area contributed by atoms with Gasteiger partial charge >= 0.3 is 0 Å². The van der Waals surface area contributed by atoms with Crippen molar-refractivity contribution in [2.45, 2.75) is 32.7 Å². The van der Waals surface area contributed by atoms with Crippen LogP contribution in [0.4, 0.5) is 0 Å². The minimum Gasteiger partial charge on any atom is -0.496 e. The van der Waals surface area contributed by atoms with Gasteiger partial charge in [-0.1, -0.05) is 13.8 Å². The van der Waals surface area contributed by atoms with Crippen molar-refractivity contribution in [3.63, 3.8) is 0 Å². The molecule has 1 fully saturated rings. The highest BCUT2D eigenvalue weighted by Gasteiger charge is 2.24. The summed E-state index contributed by atoms with van der Waals surface area (Å²) in [6, 6.07) is 2.28. The average Bonchev–Trinajstić information content (AvgIpc) is 3.07. The lowest BCUT2D eigenvalue weighted by Crippen LogP contribution is -2.42. The Bertz CT molecular complexity index is 439. The molecule has 20 heavy (non-hydrogen) atoms. The summed E-state index contributed by atoms with van der Waals surface area (Å²) in [5.74, 6) is 1.37. The zero-order valence-corrected chi connectivity index (χ0v) is 13.3. The first kappa shape index (κ1) is 15.3. The van der Waals surface area contributed by atoms with E-state index in [1.807, 2.05) is 16.3 Å². The fraction of sp³-hybridized carbons (Fsp3) is 0.667. The zero-order chi connectivity index (χ0) is 14.5. The lowest BCUT2D eigenvalue weighted by molar-refractivity contribution is 0.0726. The van der Waals surface area contributed by atoms with E-state index in [2.05, 4.69) is 19.2 Å². The maximum Gasteiger partial charge on any atom is 0.264 e. The number of thiophene rings is 1. The highest BCUT2D eigenvalue weighted by Crippen LogP contribution is 2.23. The lowest BCUT2D eigenvalue weighted by Gasteiger charge is -2.27. The lowest BCUT2D eigenvalue weighted by atomic mass is 10.1. The molecule has 2 rings (SSSR count). The van der Waals surface area contributed by atoms with Crippen molar-refractivity contribution < 1.29 is 9.53 Å². The van der Waals surface area contributed by atoms with Crippen LogP contribution in [-0.4, -0.2) is 43.6 Å². The monoisotopic (exact) mass is 296 g/mol. The Hall–Kier alpha value is -1.07. The molecule has 1 atom stereocenters. The zero-order valence-electron chi connectivity index (χ0n) is 12.5. The van der Waals surface area contributed by atoms with Gasteiger partial charge in [-0.2, -0.15) is 0 Å².